The van der Waals surface area contributed by atoms with E-state index in [9.17, 15) is 4.79 Å². The van der Waals surface area contributed by atoms with Crippen LogP contribution in [0.1, 0.15) is 45.4 Å². The Morgan fingerprint density at radius 2 is 2.04 bits per heavy atom. The number of halogens is 1. The van der Waals surface area contributed by atoms with Gasteiger partial charge in [-0.05, 0) is 26.2 Å². The zero-order valence-corrected chi connectivity index (χ0v) is 16.7. The number of esters is 1. The van der Waals surface area contributed by atoms with Crippen molar-refractivity contribution < 1.29 is 9.53 Å². The van der Waals surface area contributed by atoms with Crippen molar-refractivity contribution >= 4 is 35.9 Å². The van der Waals surface area contributed by atoms with E-state index in [2.05, 4.69) is 32.2 Å². The Balaban J connectivity index is 0.00000264. The molecule has 0 aromatic heterocycles. The van der Waals surface area contributed by atoms with Gasteiger partial charge in [0.2, 0.25) is 0 Å². The van der Waals surface area contributed by atoms with Crippen LogP contribution >= 0.6 is 24.0 Å². The van der Waals surface area contributed by atoms with Crippen LogP contribution in [-0.4, -0.2) is 62.2 Å². The van der Waals surface area contributed by atoms with Gasteiger partial charge in [0.1, 0.15) is 0 Å². The van der Waals surface area contributed by atoms with Crippen molar-refractivity contribution in [2.24, 2.45) is 4.99 Å². The summed E-state index contributed by atoms with van der Waals surface area (Å²) in [5, 5.41) is 6.76. The molecule has 7 heteroatoms. The van der Waals surface area contributed by atoms with Gasteiger partial charge >= 0.3 is 5.97 Å². The second-order valence-corrected chi connectivity index (χ2v) is 6.15. The number of hydrogen-bond donors (Lipinski definition) is 2. The van der Waals surface area contributed by atoms with Crippen LogP contribution in [0, 0.1) is 0 Å². The number of aliphatic imine (C=N–C) groups is 1. The Bertz CT molecular complexity index is 386. The molecule has 1 saturated heterocycles. The second-order valence-electron chi connectivity index (χ2n) is 6.15. The molecule has 1 heterocycles. The molecule has 1 aliphatic heterocycles. The van der Waals surface area contributed by atoms with Crippen molar-refractivity contribution in [1.82, 2.24) is 15.5 Å². The maximum Gasteiger partial charge on any atom is 0.307 e. The molecule has 1 atom stereocenters. The summed E-state index contributed by atoms with van der Waals surface area (Å²) >= 11 is 0. The molecule has 2 fully saturated rings. The van der Waals surface area contributed by atoms with Crippen LogP contribution in [0.2, 0.25) is 0 Å². The lowest BCUT2D eigenvalue weighted by molar-refractivity contribution is -0.140. The maximum absolute atomic E-state index is 11.1. The minimum absolute atomic E-state index is 0. The standard InChI is InChI=1S/C16H30N4O2.HI/c1-3-17-16(18-10-8-15(21)22-2)19-13-9-11-20(12-13)14-6-4-5-7-14;/h13-14H,3-12H2,1-2H3,(H2,17,18,19);1H. The largest absolute Gasteiger partial charge is 0.469 e. The fourth-order valence-corrected chi connectivity index (χ4v) is 3.38. The lowest BCUT2D eigenvalue weighted by Gasteiger charge is -2.24. The van der Waals surface area contributed by atoms with Crippen molar-refractivity contribution in [2.45, 2.75) is 57.5 Å². The number of guanidine groups is 1. The summed E-state index contributed by atoms with van der Waals surface area (Å²) in [6.45, 7) is 5.62. The van der Waals surface area contributed by atoms with E-state index in [1.165, 1.54) is 39.3 Å². The predicted octanol–water partition coefficient (Wildman–Crippen LogP) is 1.74. The molecule has 2 N–H and O–H groups in total. The van der Waals surface area contributed by atoms with E-state index in [0.717, 1.165) is 31.5 Å². The quantitative estimate of drug-likeness (QED) is 0.286. The molecule has 1 unspecified atom stereocenters. The van der Waals surface area contributed by atoms with Gasteiger partial charge in [0.05, 0.1) is 20.1 Å². The molecule has 0 spiro atoms. The Kier molecular flexibility index (Phi) is 9.85. The van der Waals surface area contributed by atoms with Crippen LogP contribution < -0.4 is 10.6 Å². The molecule has 2 aliphatic rings. The van der Waals surface area contributed by atoms with Crippen LogP contribution in [0.15, 0.2) is 4.99 Å². The summed E-state index contributed by atoms with van der Waals surface area (Å²) in [6, 6.07) is 1.25. The molecule has 1 saturated carbocycles. The van der Waals surface area contributed by atoms with Crippen LogP contribution in [0.5, 0.6) is 0 Å². The first kappa shape index (κ1) is 20.5. The number of methoxy groups -OCH3 is 1. The number of hydrogen-bond acceptors (Lipinski definition) is 4. The topological polar surface area (TPSA) is 66.0 Å². The van der Waals surface area contributed by atoms with Crippen molar-refractivity contribution in [3.63, 3.8) is 0 Å². The van der Waals surface area contributed by atoms with E-state index in [1.807, 2.05) is 0 Å². The van der Waals surface area contributed by atoms with Crippen molar-refractivity contribution in [1.29, 1.82) is 0 Å². The lowest BCUT2D eigenvalue weighted by Crippen LogP contribution is -2.45. The molecule has 1 aliphatic carbocycles. The van der Waals surface area contributed by atoms with E-state index < -0.39 is 0 Å². The smallest absolute Gasteiger partial charge is 0.307 e. The van der Waals surface area contributed by atoms with Crippen LogP contribution in [0.3, 0.4) is 0 Å². The number of ether oxygens (including phenoxy) is 1. The normalized spacial score (nSPS) is 22.7. The number of nitrogens with zero attached hydrogens (tertiary/aromatic N) is 2. The summed E-state index contributed by atoms with van der Waals surface area (Å²) in [4.78, 5) is 18.2. The highest BCUT2D eigenvalue weighted by Crippen LogP contribution is 2.26. The minimum Gasteiger partial charge on any atom is -0.469 e. The first-order chi connectivity index (χ1) is 10.7. The summed E-state index contributed by atoms with van der Waals surface area (Å²) in [6.07, 6.45) is 6.98. The van der Waals surface area contributed by atoms with Gasteiger partial charge in [-0.2, -0.15) is 0 Å². The van der Waals surface area contributed by atoms with Gasteiger partial charge in [-0.3, -0.25) is 14.7 Å². The molecule has 134 valence electrons. The molecule has 6 nitrogen and oxygen atoms in total. The Labute approximate surface area is 156 Å². The number of carbonyl (C=O) groups is 1. The average Bonchev–Trinajstić information content (AvgIpc) is 3.18. The SMILES string of the molecule is CCNC(=NCCC(=O)OC)NC1CCN(C2CCCC2)C1.I. The van der Waals surface area contributed by atoms with Gasteiger partial charge in [-0.15, -0.1) is 24.0 Å². The Morgan fingerprint density at radius 3 is 2.70 bits per heavy atom. The van der Waals surface area contributed by atoms with E-state index in [4.69, 9.17) is 0 Å². The van der Waals surface area contributed by atoms with Crippen LogP contribution in [-0.2, 0) is 9.53 Å². The molecular formula is C16H31IN4O2. The first-order valence-corrected chi connectivity index (χ1v) is 8.58. The molecule has 0 bridgehead atoms. The summed E-state index contributed by atoms with van der Waals surface area (Å²) in [7, 11) is 1.41. The molecule has 0 aromatic carbocycles. The highest BCUT2D eigenvalue weighted by molar-refractivity contribution is 14.0. The van der Waals surface area contributed by atoms with Gasteiger partial charge in [0.25, 0.3) is 0 Å². The highest BCUT2D eigenvalue weighted by atomic mass is 127. The number of nitrogens with one attached hydrogen (secondary N) is 2. The number of rotatable bonds is 6. The van der Waals surface area contributed by atoms with E-state index in [0.29, 0.717) is 19.0 Å². The van der Waals surface area contributed by atoms with Crippen molar-refractivity contribution in [2.75, 3.05) is 33.3 Å². The Morgan fingerprint density at radius 1 is 1.30 bits per heavy atom. The minimum atomic E-state index is -0.215. The van der Waals surface area contributed by atoms with E-state index in [1.54, 1.807) is 0 Å². The Hall–Kier alpha value is -0.570. The van der Waals surface area contributed by atoms with E-state index >= 15 is 0 Å². The third kappa shape index (κ3) is 6.82. The molecule has 2 rings (SSSR count). The fraction of sp³-hybridized carbons (Fsp3) is 0.875. The van der Waals surface area contributed by atoms with Gasteiger partial charge < -0.3 is 15.4 Å². The average molecular weight is 438 g/mol. The monoisotopic (exact) mass is 438 g/mol. The van der Waals surface area contributed by atoms with Crippen LogP contribution in [0.25, 0.3) is 0 Å². The number of likely N-dealkylation sites (tertiary alicyclic amines) is 1. The third-order valence-electron chi connectivity index (χ3n) is 4.56. The zero-order chi connectivity index (χ0) is 15.8. The zero-order valence-electron chi connectivity index (χ0n) is 14.3. The van der Waals surface area contributed by atoms with Gasteiger partial charge in [-0.1, -0.05) is 12.8 Å². The lowest BCUT2D eigenvalue weighted by atomic mass is 10.2. The molecule has 0 radical (unpaired) electrons. The molecule has 23 heavy (non-hydrogen) atoms. The van der Waals surface area contributed by atoms with Crippen LogP contribution in [0.4, 0.5) is 0 Å². The number of carbonyl (C=O) groups excluding carboxylic acids is 1. The highest BCUT2D eigenvalue weighted by Gasteiger charge is 2.30. The van der Waals surface area contributed by atoms with Crippen molar-refractivity contribution in [3.05, 3.63) is 0 Å². The summed E-state index contributed by atoms with van der Waals surface area (Å²) < 4.78 is 4.64. The van der Waals surface area contributed by atoms with E-state index in [-0.39, 0.29) is 29.9 Å². The third-order valence-corrected chi connectivity index (χ3v) is 4.56. The van der Waals surface area contributed by atoms with Gasteiger partial charge in [0.15, 0.2) is 5.96 Å². The summed E-state index contributed by atoms with van der Waals surface area (Å²) in [5.41, 5.74) is 0. The predicted molar refractivity (Wildman–Crippen MR) is 103 cm³/mol. The second kappa shape index (κ2) is 11.1. The molecule has 0 amide bonds. The summed E-state index contributed by atoms with van der Waals surface area (Å²) in [5.74, 6) is 0.595. The molecular weight excluding hydrogens is 407 g/mol. The fourth-order valence-electron chi connectivity index (χ4n) is 3.38. The van der Waals surface area contributed by atoms with Gasteiger partial charge in [-0.25, -0.2) is 0 Å². The van der Waals surface area contributed by atoms with Crippen molar-refractivity contribution in [3.8, 4) is 0 Å². The first-order valence-electron chi connectivity index (χ1n) is 8.58. The van der Waals surface area contributed by atoms with Gasteiger partial charge in [0, 0.05) is 31.7 Å². The maximum atomic E-state index is 11.1. The molecule has 0 aromatic rings.